The standard InChI is InChI=1S/C26H30F3N3O3.C4H4O4/c1-16-12-19(15-25(2,3)14-16)32-22-10-4-17(5-11-23(33)34)13-21(22)31-24(32)30-18-6-8-20(9-7-18)35-26(27,28)29;5-3(6)1-2-4(7)8/h4,6-10,13,16,19H,5,11-12,14-15H2,1-3H3,(H,30,31)(H,33,34);1-2H,(H,5,6)(H,7,8)/b;2-1+/t16-,19+;/m0./s1. The largest absolute Gasteiger partial charge is 0.573 e. The van der Waals surface area contributed by atoms with E-state index in [1.807, 2.05) is 18.2 Å². The van der Waals surface area contributed by atoms with E-state index in [9.17, 15) is 27.6 Å². The summed E-state index contributed by atoms with van der Waals surface area (Å²) in [5.74, 6) is -2.52. The highest BCUT2D eigenvalue weighted by Gasteiger charge is 2.35. The Morgan fingerprint density at radius 1 is 1.05 bits per heavy atom. The van der Waals surface area contributed by atoms with Crippen LogP contribution in [0.3, 0.4) is 0 Å². The lowest BCUT2D eigenvalue weighted by molar-refractivity contribution is -0.274. The van der Waals surface area contributed by atoms with Crippen molar-refractivity contribution in [2.75, 3.05) is 5.32 Å². The highest BCUT2D eigenvalue weighted by atomic mass is 19.4. The maximum atomic E-state index is 12.5. The van der Waals surface area contributed by atoms with Gasteiger partial charge in [0, 0.05) is 30.3 Å². The molecule has 1 fully saturated rings. The van der Waals surface area contributed by atoms with Gasteiger partial charge < -0.3 is 29.9 Å². The van der Waals surface area contributed by atoms with Gasteiger partial charge in [-0.15, -0.1) is 13.2 Å². The Bertz CT molecular complexity index is 1460. The number of aryl methyl sites for hydroxylation is 1. The molecule has 4 rings (SSSR count). The number of nitrogens with zero attached hydrogens (tertiary/aromatic N) is 2. The second-order valence-corrected chi connectivity index (χ2v) is 11.3. The van der Waals surface area contributed by atoms with Gasteiger partial charge in [0.1, 0.15) is 5.75 Å². The van der Waals surface area contributed by atoms with Gasteiger partial charge in [0.25, 0.3) is 0 Å². The molecule has 1 aliphatic carbocycles. The molecule has 10 nitrogen and oxygen atoms in total. The Labute approximate surface area is 245 Å². The maximum absolute atomic E-state index is 12.5. The number of benzene rings is 2. The van der Waals surface area contributed by atoms with E-state index < -0.39 is 24.3 Å². The van der Waals surface area contributed by atoms with E-state index in [0.29, 0.717) is 36.1 Å². The predicted octanol–water partition coefficient (Wildman–Crippen LogP) is 6.79. The molecular formula is C30H34F3N3O7. The van der Waals surface area contributed by atoms with Crippen LogP contribution >= 0.6 is 0 Å². The summed E-state index contributed by atoms with van der Waals surface area (Å²) in [5.41, 5.74) is 3.34. The number of nitrogens with one attached hydrogen (secondary N) is 1. The fourth-order valence-corrected chi connectivity index (χ4v) is 5.51. The first kappa shape index (κ1) is 33.0. The zero-order valence-electron chi connectivity index (χ0n) is 23.9. The molecule has 1 aromatic heterocycles. The van der Waals surface area contributed by atoms with Gasteiger partial charge >= 0.3 is 24.3 Å². The summed E-state index contributed by atoms with van der Waals surface area (Å²) in [7, 11) is 0. The van der Waals surface area contributed by atoms with Crippen molar-refractivity contribution in [1.29, 1.82) is 0 Å². The van der Waals surface area contributed by atoms with E-state index in [1.165, 1.54) is 24.3 Å². The third-order valence-electron chi connectivity index (χ3n) is 6.82. The van der Waals surface area contributed by atoms with Gasteiger partial charge in [-0.05, 0) is 79.0 Å². The van der Waals surface area contributed by atoms with E-state index in [1.54, 1.807) is 0 Å². The fourth-order valence-electron chi connectivity index (χ4n) is 5.51. The normalized spacial score (nSPS) is 18.1. The zero-order valence-corrected chi connectivity index (χ0v) is 23.9. The van der Waals surface area contributed by atoms with Crippen LogP contribution in [0.25, 0.3) is 11.0 Å². The maximum Gasteiger partial charge on any atom is 0.573 e. The molecule has 2 aromatic carbocycles. The number of ether oxygens (including phenoxy) is 1. The average Bonchev–Trinajstić information content (AvgIpc) is 3.22. The molecule has 0 aliphatic heterocycles. The number of imidazole rings is 1. The number of rotatable bonds is 9. The second-order valence-electron chi connectivity index (χ2n) is 11.3. The smallest absolute Gasteiger partial charge is 0.481 e. The van der Waals surface area contributed by atoms with Crippen molar-refractivity contribution in [2.24, 2.45) is 11.3 Å². The summed E-state index contributed by atoms with van der Waals surface area (Å²) in [4.78, 5) is 34.9. The molecule has 3 aromatic rings. The number of halogens is 3. The van der Waals surface area contributed by atoms with Crippen LogP contribution in [-0.4, -0.2) is 49.1 Å². The predicted molar refractivity (Wildman–Crippen MR) is 152 cm³/mol. The van der Waals surface area contributed by atoms with Crippen LogP contribution in [0.5, 0.6) is 5.75 Å². The quantitative estimate of drug-likeness (QED) is 0.193. The third-order valence-corrected chi connectivity index (χ3v) is 6.82. The van der Waals surface area contributed by atoms with Crippen molar-refractivity contribution in [3.05, 3.63) is 60.2 Å². The van der Waals surface area contributed by atoms with Crippen LogP contribution in [0, 0.1) is 11.3 Å². The fraction of sp³-hybridized carbons (Fsp3) is 0.400. The number of hydrogen-bond donors (Lipinski definition) is 4. The highest BCUT2D eigenvalue weighted by molar-refractivity contribution is 5.89. The number of fused-ring (bicyclic) bond motifs is 1. The second kappa shape index (κ2) is 13.6. The molecule has 232 valence electrons. The first-order valence-electron chi connectivity index (χ1n) is 13.5. The van der Waals surface area contributed by atoms with E-state index in [0.717, 1.165) is 35.9 Å². The molecular weight excluding hydrogens is 571 g/mol. The van der Waals surface area contributed by atoms with Crippen molar-refractivity contribution in [1.82, 2.24) is 9.55 Å². The SMILES string of the molecule is C[C@H]1C[C@@H](n2c(Nc3ccc(OC(F)(F)F)cc3)nc3cc(CCC(=O)O)ccc32)CC(C)(C)C1.O=C(O)/C=C/C(=O)O. The Kier molecular flexibility index (Phi) is 10.4. The van der Waals surface area contributed by atoms with Crippen LogP contribution < -0.4 is 10.1 Å². The van der Waals surface area contributed by atoms with Crippen LogP contribution in [0.2, 0.25) is 0 Å². The summed E-state index contributed by atoms with van der Waals surface area (Å²) in [6, 6.07) is 11.6. The minimum absolute atomic E-state index is 0.0397. The lowest BCUT2D eigenvalue weighted by Gasteiger charge is -2.40. The number of hydrogen-bond acceptors (Lipinski definition) is 6. The van der Waals surface area contributed by atoms with Crippen molar-refractivity contribution in [2.45, 2.75) is 65.3 Å². The Morgan fingerprint density at radius 3 is 2.21 bits per heavy atom. The number of carboxylic acids is 3. The highest BCUT2D eigenvalue weighted by Crippen LogP contribution is 2.46. The van der Waals surface area contributed by atoms with E-state index in [-0.39, 0.29) is 23.6 Å². The molecule has 1 aliphatic rings. The van der Waals surface area contributed by atoms with Crippen LogP contribution in [0.15, 0.2) is 54.6 Å². The van der Waals surface area contributed by atoms with Gasteiger partial charge in [0.05, 0.1) is 11.0 Å². The zero-order chi connectivity index (χ0) is 31.9. The number of alkyl halides is 3. The molecule has 0 saturated heterocycles. The number of aliphatic carboxylic acids is 3. The molecule has 43 heavy (non-hydrogen) atoms. The topological polar surface area (TPSA) is 151 Å². The molecule has 13 heteroatoms. The molecule has 2 atom stereocenters. The minimum Gasteiger partial charge on any atom is -0.481 e. The third kappa shape index (κ3) is 10.3. The van der Waals surface area contributed by atoms with Gasteiger partial charge in [-0.25, -0.2) is 14.6 Å². The average molecular weight is 606 g/mol. The van der Waals surface area contributed by atoms with Crippen LogP contribution in [0.4, 0.5) is 24.8 Å². The molecule has 0 spiro atoms. The van der Waals surface area contributed by atoms with Crippen LogP contribution in [0.1, 0.15) is 58.1 Å². The number of aromatic nitrogens is 2. The van der Waals surface area contributed by atoms with E-state index in [2.05, 4.69) is 35.4 Å². The lowest BCUT2D eigenvalue weighted by Crippen LogP contribution is -2.29. The van der Waals surface area contributed by atoms with Gasteiger partial charge in [-0.2, -0.15) is 0 Å². The molecule has 4 N–H and O–H groups in total. The van der Waals surface area contributed by atoms with Crippen molar-refractivity contribution >= 4 is 40.6 Å². The van der Waals surface area contributed by atoms with Crippen molar-refractivity contribution < 1.29 is 47.6 Å². The molecule has 0 radical (unpaired) electrons. The number of anilines is 2. The number of carbonyl (C=O) groups is 3. The monoisotopic (exact) mass is 605 g/mol. The van der Waals surface area contributed by atoms with Gasteiger partial charge in [-0.3, -0.25) is 4.79 Å². The lowest BCUT2D eigenvalue weighted by atomic mass is 9.70. The van der Waals surface area contributed by atoms with Gasteiger partial charge in [0.2, 0.25) is 5.95 Å². The van der Waals surface area contributed by atoms with Crippen LogP contribution in [-0.2, 0) is 20.8 Å². The Balaban J connectivity index is 0.000000557. The summed E-state index contributed by atoms with van der Waals surface area (Å²) in [6.07, 6.45) is -0.0817. The number of carboxylic acid groups (broad SMARTS) is 3. The summed E-state index contributed by atoms with van der Waals surface area (Å²) < 4.78 is 43.7. The molecule has 0 amide bonds. The van der Waals surface area contributed by atoms with Crippen molar-refractivity contribution in [3.8, 4) is 5.75 Å². The van der Waals surface area contributed by atoms with Gasteiger partial charge in [0.15, 0.2) is 0 Å². The van der Waals surface area contributed by atoms with E-state index >= 15 is 0 Å². The minimum atomic E-state index is -4.74. The Hall–Kier alpha value is -4.55. The molecule has 1 heterocycles. The summed E-state index contributed by atoms with van der Waals surface area (Å²) in [5, 5.41) is 27.9. The van der Waals surface area contributed by atoms with Gasteiger partial charge in [-0.1, -0.05) is 26.8 Å². The first-order valence-corrected chi connectivity index (χ1v) is 13.5. The molecule has 1 saturated carbocycles. The first-order chi connectivity index (χ1) is 20.0. The summed E-state index contributed by atoms with van der Waals surface area (Å²) in [6.45, 7) is 6.79. The van der Waals surface area contributed by atoms with Crippen molar-refractivity contribution in [3.63, 3.8) is 0 Å². The molecule has 0 bridgehead atoms. The Morgan fingerprint density at radius 2 is 1.67 bits per heavy atom. The van der Waals surface area contributed by atoms with E-state index in [4.69, 9.17) is 20.3 Å². The summed E-state index contributed by atoms with van der Waals surface area (Å²) >= 11 is 0. The molecule has 0 unspecified atom stereocenters.